The molecule has 0 spiro atoms. The molecule has 1 aliphatic heterocycles. The highest BCUT2D eigenvalue weighted by atomic mass is 16.5. The lowest BCUT2D eigenvalue weighted by Crippen LogP contribution is -2.29. The largest absolute Gasteiger partial charge is 0.497 e. The second kappa shape index (κ2) is 7.35. The summed E-state index contributed by atoms with van der Waals surface area (Å²) in [7, 11) is 2.96. The van der Waals surface area contributed by atoms with Gasteiger partial charge in [0.05, 0.1) is 41.9 Å². The van der Waals surface area contributed by atoms with Gasteiger partial charge < -0.3 is 13.9 Å². The third-order valence-corrected chi connectivity index (χ3v) is 5.30. The van der Waals surface area contributed by atoms with E-state index in [4.69, 9.17) is 13.9 Å². The van der Waals surface area contributed by atoms with Gasteiger partial charge in [-0.1, -0.05) is 12.1 Å². The van der Waals surface area contributed by atoms with Crippen LogP contribution in [-0.2, 0) is 0 Å². The maximum atomic E-state index is 13.2. The van der Waals surface area contributed by atoms with E-state index in [0.29, 0.717) is 33.7 Å². The highest BCUT2D eigenvalue weighted by Crippen LogP contribution is 2.38. The van der Waals surface area contributed by atoms with Crippen LogP contribution >= 0.6 is 0 Å². The second-order valence-electron chi connectivity index (χ2n) is 7.07. The third kappa shape index (κ3) is 2.92. The van der Waals surface area contributed by atoms with E-state index >= 15 is 0 Å². The molecule has 0 radical (unpaired) electrons. The fourth-order valence-electron chi connectivity index (χ4n) is 3.70. The molecule has 0 bridgehead atoms. The first-order valence-corrected chi connectivity index (χ1v) is 9.67. The van der Waals surface area contributed by atoms with Crippen LogP contribution in [0.15, 0.2) is 69.9 Å². The van der Waals surface area contributed by atoms with Crippen molar-refractivity contribution in [3.05, 3.63) is 82.2 Å². The van der Waals surface area contributed by atoms with Gasteiger partial charge in [-0.3, -0.25) is 9.59 Å². The summed E-state index contributed by atoms with van der Waals surface area (Å²) in [6.07, 6.45) is 0. The smallest absolute Gasteiger partial charge is 0.347 e. The number of carbonyl (C=O) groups is 2. The number of rotatable bonds is 4. The Balaban J connectivity index is 1.59. The van der Waals surface area contributed by atoms with Crippen LogP contribution in [0.4, 0.5) is 5.69 Å². The number of imide groups is 1. The molecule has 0 saturated heterocycles. The summed E-state index contributed by atoms with van der Waals surface area (Å²) in [5, 5.41) is 0.362. The lowest BCUT2D eigenvalue weighted by atomic mass is 10.1. The number of nitrogens with zero attached hydrogens (tertiary/aromatic N) is 2. The van der Waals surface area contributed by atoms with Gasteiger partial charge in [-0.2, -0.15) is 0 Å². The first-order valence-electron chi connectivity index (χ1n) is 9.67. The Kier molecular flexibility index (Phi) is 4.48. The fraction of sp³-hybridized carbons (Fsp3) is 0.0833. The molecule has 8 heteroatoms. The van der Waals surface area contributed by atoms with Gasteiger partial charge in [0.1, 0.15) is 11.5 Å². The van der Waals surface area contributed by atoms with E-state index in [1.54, 1.807) is 48.5 Å². The van der Waals surface area contributed by atoms with Crippen molar-refractivity contribution in [2.24, 2.45) is 0 Å². The number of hydrogen-bond donors (Lipinski definition) is 0. The van der Waals surface area contributed by atoms with Gasteiger partial charge in [0.25, 0.3) is 11.8 Å². The van der Waals surface area contributed by atoms with E-state index < -0.39 is 17.4 Å². The standard InChI is InChI=1S/C24H16N2O6/c1-30-14-8-10-19(20(12-14)31-2)26-22(27)15-9-7-13(11-17(15)23(26)28)21-25-18-6-4-3-5-16(18)24(29)32-21/h3-12H,1-2H3. The van der Waals surface area contributed by atoms with Gasteiger partial charge in [0.15, 0.2) is 0 Å². The third-order valence-electron chi connectivity index (χ3n) is 5.30. The second-order valence-corrected chi connectivity index (χ2v) is 7.07. The Morgan fingerprint density at radius 3 is 2.41 bits per heavy atom. The maximum absolute atomic E-state index is 13.2. The number of para-hydroxylation sites is 1. The Morgan fingerprint density at radius 2 is 1.62 bits per heavy atom. The molecular formula is C24H16N2O6. The van der Waals surface area contributed by atoms with Crippen molar-refractivity contribution in [3.63, 3.8) is 0 Å². The minimum absolute atomic E-state index is 0.0669. The first kappa shape index (κ1) is 19.5. The Bertz CT molecular complexity index is 1470. The van der Waals surface area contributed by atoms with Crippen LogP contribution in [0.25, 0.3) is 22.4 Å². The van der Waals surface area contributed by atoms with Crippen molar-refractivity contribution in [1.29, 1.82) is 0 Å². The van der Waals surface area contributed by atoms with E-state index in [1.165, 1.54) is 26.4 Å². The van der Waals surface area contributed by atoms with Crippen LogP contribution in [0.3, 0.4) is 0 Å². The van der Waals surface area contributed by atoms with E-state index in [-0.39, 0.29) is 17.0 Å². The number of fused-ring (bicyclic) bond motifs is 2. The van der Waals surface area contributed by atoms with Crippen LogP contribution in [0.5, 0.6) is 11.5 Å². The van der Waals surface area contributed by atoms with Crippen LogP contribution in [0, 0.1) is 0 Å². The zero-order chi connectivity index (χ0) is 22.4. The van der Waals surface area contributed by atoms with E-state index in [9.17, 15) is 14.4 Å². The Hall–Kier alpha value is -4.46. The molecular weight excluding hydrogens is 412 g/mol. The lowest BCUT2D eigenvalue weighted by Gasteiger charge is -2.17. The SMILES string of the molecule is COc1ccc(N2C(=O)c3ccc(-c4nc5ccccc5c(=O)o4)cc3C2=O)c(OC)c1. The van der Waals surface area contributed by atoms with Crippen molar-refractivity contribution in [1.82, 2.24) is 4.98 Å². The monoisotopic (exact) mass is 428 g/mol. The first-order chi connectivity index (χ1) is 15.5. The highest BCUT2D eigenvalue weighted by Gasteiger charge is 2.38. The predicted octanol–water partition coefficient (Wildman–Crippen LogP) is 3.67. The van der Waals surface area contributed by atoms with Gasteiger partial charge in [-0.15, -0.1) is 0 Å². The molecule has 0 atom stereocenters. The van der Waals surface area contributed by atoms with Gasteiger partial charge in [0.2, 0.25) is 5.89 Å². The molecule has 0 unspecified atom stereocenters. The summed E-state index contributed by atoms with van der Waals surface area (Å²) < 4.78 is 15.9. The van der Waals surface area contributed by atoms with Gasteiger partial charge in [-0.05, 0) is 42.5 Å². The number of aromatic nitrogens is 1. The predicted molar refractivity (Wildman–Crippen MR) is 116 cm³/mol. The van der Waals surface area contributed by atoms with Gasteiger partial charge in [-0.25, -0.2) is 14.7 Å². The quantitative estimate of drug-likeness (QED) is 0.457. The average Bonchev–Trinajstić information content (AvgIpc) is 3.07. The Labute approximate surface area is 181 Å². The summed E-state index contributed by atoms with van der Waals surface area (Å²) in [5.41, 5.74) is 1.08. The van der Waals surface area contributed by atoms with Crippen LogP contribution in [0.2, 0.25) is 0 Å². The van der Waals surface area contributed by atoms with Crippen LogP contribution in [0.1, 0.15) is 20.7 Å². The summed E-state index contributed by atoms with van der Waals surface area (Å²) in [5.74, 6) is -0.0770. The van der Waals surface area contributed by atoms with Crippen molar-refractivity contribution in [2.45, 2.75) is 0 Å². The molecule has 158 valence electrons. The van der Waals surface area contributed by atoms with Gasteiger partial charge >= 0.3 is 5.63 Å². The molecule has 1 aliphatic rings. The summed E-state index contributed by atoms with van der Waals surface area (Å²) in [6.45, 7) is 0. The van der Waals surface area contributed by atoms with Crippen LogP contribution in [-0.4, -0.2) is 31.0 Å². The van der Waals surface area contributed by atoms with E-state index in [2.05, 4.69) is 4.98 Å². The summed E-state index contributed by atoms with van der Waals surface area (Å²) in [4.78, 5) is 44.0. The molecule has 3 aromatic carbocycles. The molecule has 0 aliphatic carbocycles. The highest BCUT2D eigenvalue weighted by molar-refractivity contribution is 6.35. The lowest BCUT2D eigenvalue weighted by molar-refractivity contribution is 0.0925. The number of amides is 2. The minimum atomic E-state index is -0.530. The summed E-state index contributed by atoms with van der Waals surface area (Å²) >= 11 is 0. The zero-order valence-electron chi connectivity index (χ0n) is 17.1. The fourth-order valence-corrected chi connectivity index (χ4v) is 3.70. The normalized spacial score (nSPS) is 12.9. The van der Waals surface area contributed by atoms with Gasteiger partial charge in [0, 0.05) is 11.6 Å². The molecule has 0 saturated carbocycles. The Morgan fingerprint density at radius 1 is 0.844 bits per heavy atom. The van der Waals surface area contributed by atoms with Crippen molar-refractivity contribution in [3.8, 4) is 23.0 Å². The summed E-state index contributed by atoms with van der Waals surface area (Å²) in [6, 6.07) is 16.3. The number of ether oxygens (including phenoxy) is 2. The average molecular weight is 428 g/mol. The molecule has 5 rings (SSSR count). The number of carbonyl (C=O) groups excluding carboxylic acids is 2. The van der Waals surface area contributed by atoms with E-state index in [1.807, 2.05) is 0 Å². The number of hydrogen-bond acceptors (Lipinski definition) is 7. The van der Waals surface area contributed by atoms with Crippen molar-refractivity contribution in [2.75, 3.05) is 19.1 Å². The molecule has 8 nitrogen and oxygen atoms in total. The molecule has 0 N–H and O–H groups in total. The number of methoxy groups -OCH3 is 2. The molecule has 2 amide bonds. The number of benzene rings is 3. The molecule has 1 aromatic heterocycles. The topological polar surface area (TPSA) is 98.9 Å². The number of anilines is 1. The van der Waals surface area contributed by atoms with Crippen LogP contribution < -0.4 is 20.0 Å². The van der Waals surface area contributed by atoms with Crippen molar-refractivity contribution >= 4 is 28.4 Å². The van der Waals surface area contributed by atoms with E-state index in [0.717, 1.165) is 4.90 Å². The zero-order valence-corrected chi connectivity index (χ0v) is 17.1. The molecule has 4 aromatic rings. The maximum Gasteiger partial charge on any atom is 0.347 e. The molecule has 2 heterocycles. The molecule has 0 fully saturated rings. The molecule has 32 heavy (non-hydrogen) atoms. The van der Waals surface area contributed by atoms with Crippen molar-refractivity contribution < 1.29 is 23.5 Å². The minimum Gasteiger partial charge on any atom is -0.497 e.